The van der Waals surface area contributed by atoms with Gasteiger partial charge in [0.15, 0.2) is 12.2 Å². The number of amides is 2. The van der Waals surface area contributed by atoms with E-state index in [0.29, 0.717) is 6.54 Å². The third-order valence-corrected chi connectivity index (χ3v) is 2.50. The van der Waals surface area contributed by atoms with Crippen molar-refractivity contribution in [2.24, 2.45) is 16.5 Å². The van der Waals surface area contributed by atoms with E-state index >= 15 is 0 Å². The predicted octanol–water partition coefficient (Wildman–Crippen LogP) is 0.282. The van der Waals surface area contributed by atoms with Crippen molar-refractivity contribution in [1.29, 1.82) is 0 Å². The Morgan fingerprint density at radius 3 is 2.78 bits per heavy atom. The molecule has 0 radical (unpaired) electrons. The predicted molar refractivity (Wildman–Crippen MR) is 70.3 cm³/mol. The Hall–Kier alpha value is -2.34. The summed E-state index contributed by atoms with van der Waals surface area (Å²) >= 11 is 0. The first-order chi connectivity index (χ1) is 8.66. The average Bonchev–Trinajstić information content (AvgIpc) is 2.34. The molecule has 5 N–H and O–H groups in total. The molecule has 6 heteroatoms. The minimum absolute atomic E-state index is 0.0517. The molecule has 1 aromatic rings. The van der Waals surface area contributed by atoms with E-state index in [9.17, 15) is 4.79 Å². The summed E-state index contributed by atoms with van der Waals surface area (Å²) in [4.78, 5) is 16.9. The van der Waals surface area contributed by atoms with E-state index in [0.717, 1.165) is 5.56 Å². The van der Waals surface area contributed by atoms with Gasteiger partial charge in [-0.25, -0.2) is 9.79 Å². The summed E-state index contributed by atoms with van der Waals surface area (Å²) in [7, 11) is 0. The molecule has 1 heterocycles. The summed E-state index contributed by atoms with van der Waals surface area (Å²) in [5.41, 5.74) is 12.2. The molecule has 1 aromatic carbocycles. The first-order valence-corrected chi connectivity index (χ1v) is 5.55. The van der Waals surface area contributed by atoms with Gasteiger partial charge < -0.3 is 5.73 Å². The monoisotopic (exact) mass is 245 g/mol. The number of hydrogen-bond acceptors (Lipinski definition) is 4. The molecule has 94 valence electrons. The zero-order chi connectivity index (χ0) is 13.0. The van der Waals surface area contributed by atoms with Crippen LogP contribution in [0.25, 0.3) is 6.08 Å². The van der Waals surface area contributed by atoms with Crippen LogP contribution in [-0.2, 0) is 0 Å². The molecule has 1 aliphatic heterocycles. The number of guanidine groups is 1. The van der Waals surface area contributed by atoms with Crippen LogP contribution in [0.5, 0.6) is 0 Å². The quantitative estimate of drug-likeness (QED) is 0.713. The van der Waals surface area contributed by atoms with E-state index in [1.165, 1.54) is 4.90 Å². The minimum Gasteiger partial charge on any atom is -0.369 e. The fraction of sp³-hybridized carbons (Fsp3) is 0.167. The zero-order valence-corrected chi connectivity index (χ0v) is 9.78. The maximum atomic E-state index is 11.6. The van der Waals surface area contributed by atoms with Crippen LogP contribution in [0.15, 0.2) is 41.4 Å². The maximum Gasteiger partial charge on any atom is 0.327 e. The molecule has 1 atom stereocenters. The highest BCUT2D eigenvalue weighted by molar-refractivity contribution is 5.97. The molecule has 0 spiro atoms. The fourth-order valence-corrected chi connectivity index (χ4v) is 1.60. The molecule has 0 aromatic heterocycles. The molecular formula is C12H15N5O. The summed E-state index contributed by atoms with van der Waals surface area (Å²) in [5.74, 6) is 0.0517. The molecule has 6 nitrogen and oxygen atoms in total. The molecule has 18 heavy (non-hydrogen) atoms. The third-order valence-electron chi connectivity index (χ3n) is 2.50. The topological polar surface area (TPSA) is 96.7 Å². The van der Waals surface area contributed by atoms with Gasteiger partial charge in [-0.3, -0.25) is 16.0 Å². The minimum atomic E-state index is -0.737. The standard InChI is InChI=1S/C12H15N5O/c13-10-15-11(14)17(12(18)16-10)8-4-7-9-5-2-1-3-6-9/h1-7,11H,8,14H2,(H3,13,15,16,18). The first kappa shape index (κ1) is 12.1. The number of carbonyl (C=O) groups excluding carboxylic acids is 1. The molecule has 0 saturated carbocycles. The van der Waals surface area contributed by atoms with Crippen LogP contribution in [0.3, 0.4) is 0 Å². The van der Waals surface area contributed by atoms with Crippen molar-refractivity contribution in [3.63, 3.8) is 0 Å². The Labute approximate surface area is 105 Å². The second kappa shape index (κ2) is 5.33. The van der Waals surface area contributed by atoms with Gasteiger partial charge in [0.25, 0.3) is 0 Å². The highest BCUT2D eigenvalue weighted by Gasteiger charge is 2.23. The Balaban J connectivity index is 1.98. The Bertz CT molecular complexity index is 483. The van der Waals surface area contributed by atoms with Gasteiger partial charge in [0, 0.05) is 6.54 Å². The van der Waals surface area contributed by atoms with Gasteiger partial charge in [0.2, 0.25) is 0 Å². The van der Waals surface area contributed by atoms with Crippen molar-refractivity contribution >= 4 is 18.1 Å². The number of nitrogens with one attached hydrogen (secondary N) is 1. The number of rotatable bonds is 3. The molecule has 0 saturated heterocycles. The van der Waals surface area contributed by atoms with Crippen LogP contribution in [0.2, 0.25) is 0 Å². The summed E-state index contributed by atoms with van der Waals surface area (Å²) in [6.07, 6.45) is 3.03. The van der Waals surface area contributed by atoms with Gasteiger partial charge in [0.1, 0.15) is 0 Å². The van der Waals surface area contributed by atoms with Crippen molar-refractivity contribution < 1.29 is 4.79 Å². The van der Waals surface area contributed by atoms with Crippen LogP contribution >= 0.6 is 0 Å². The molecule has 1 aliphatic rings. The number of benzene rings is 1. The van der Waals surface area contributed by atoms with E-state index in [1.807, 2.05) is 42.5 Å². The number of aliphatic imine (C=N–C) groups is 1. The van der Waals surface area contributed by atoms with E-state index in [4.69, 9.17) is 11.5 Å². The number of carbonyl (C=O) groups is 1. The van der Waals surface area contributed by atoms with E-state index < -0.39 is 6.29 Å². The molecule has 2 amide bonds. The first-order valence-electron chi connectivity index (χ1n) is 5.55. The van der Waals surface area contributed by atoms with Gasteiger partial charge in [-0.05, 0) is 5.56 Å². The van der Waals surface area contributed by atoms with Crippen molar-refractivity contribution in [2.75, 3.05) is 6.54 Å². The second-order valence-corrected chi connectivity index (χ2v) is 3.82. The van der Waals surface area contributed by atoms with Crippen LogP contribution in [0.1, 0.15) is 5.56 Å². The lowest BCUT2D eigenvalue weighted by Crippen LogP contribution is -2.57. The van der Waals surface area contributed by atoms with Crippen molar-refractivity contribution in [1.82, 2.24) is 10.2 Å². The molecule has 0 fully saturated rings. The van der Waals surface area contributed by atoms with E-state index in [-0.39, 0.29) is 12.0 Å². The third kappa shape index (κ3) is 2.86. The van der Waals surface area contributed by atoms with Gasteiger partial charge >= 0.3 is 6.03 Å². The number of nitrogens with two attached hydrogens (primary N) is 2. The lowest BCUT2D eigenvalue weighted by molar-refractivity contribution is 0.185. The fourth-order valence-electron chi connectivity index (χ4n) is 1.60. The molecule has 1 unspecified atom stereocenters. The summed E-state index contributed by atoms with van der Waals surface area (Å²) in [5, 5.41) is 2.41. The maximum absolute atomic E-state index is 11.6. The molecule has 0 aliphatic carbocycles. The average molecular weight is 245 g/mol. The van der Waals surface area contributed by atoms with Crippen LogP contribution in [0.4, 0.5) is 4.79 Å². The Kier molecular flexibility index (Phi) is 3.59. The summed E-state index contributed by atoms with van der Waals surface area (Å²) in [6.45, 7) is 0.374. The number of nitrogens with zero attached hydrogens (tertiary/aromatic N) is 2. The van der Waals surface area contributed by atoms with Gasteiger partial charge in [-0.2, -0.15) is 0 Å². The highest BCUT2D eigenvalue weighted by Crippen LogP contribution is 2.04. The summed E-state index contributed by atoms with van der Waals surface area (Å²) < 4.78 is 0. The number of hydrogen-bond donors (Lipinski definition) is 3. The van der Waals surface area contributed by atoms with Gasteiger partial charge in [-0.1, -0.05) is 42.5 Å². The molecular weight excluding hydrogens is 230 g/mol. The van der Waals surface area contributed by atoms with Gasteiger partial charge in [-0.15, -0.1) is 0 Å². The van der Waals surface area contributed by atoms with Crippen molar-refractivity contribution in [2.45, 2.75) is 6.29 Å². The van der Waals surface area contributed by atoms with Crippen LogP contribution in [-0.4, -0.2) is 29.7 Å². The molecule has 0 bridgehead atoms. The lowest BCUT2D eigenvalue weighted by Gasteiger charge is -2.29. The van der Waals surface area contributed by atoms with E-state index in [1.54, 1.807) is 0 Å². The lowest BCUT2D eigenvalue weighted by atomic mass is 10.2. The van der Waals surface area contributed by atoms with Crippen LogP contribution < -0.4 is 16.8 Å². The normalized spacial score (nSPS) is 19.8. The van der Waals surface area contributed by atoms with Crippen LogP contribution in [0, 0.1) is 0 Å². The SMILES string of the molecule is NC1=NC(N)N(CC=Cc2ccccc2)C(=O)N1. The Morgan fingerprint density at radius 2 is 2.11 bits per heavy atom. The van der Waals surface area contributed by atoms with Crippen molar-refractivity contribution in [3.8, 4) is 0 Å². The highest BCUT2D eigenvalue weighted by atomic mass is 16.2. The molecule has 2 rings (SSSR count). The smallest absolute Gasteiger partial charge is 0.327 e. The Morgan fingerprint density at radius 1 is 1.39 bits per heavy atom. The van der Waals surface area contributed by atoms with Gasteiger partial charge in [0.05, 0.1) is 0 Å². The zero-order valence-electron chi connectivity index (χ0n) is 9.78. The largest absolute Gasteiger partial charge is 0.369 e. The second-order valence-electron chi connectivity index (χ2n) is 3.82. The number of urea groups is 1. The van der Waals surface area contributed by atoms with E-state index in [2.05, 4.69) is 10.3 Å². The summed E-state index contributed by atoms with van der Waals surface area (Å²) in [6, 6.07) is 9.45. The van der Waals surface area contributed by atoms with Crippen molar-refractivity contribution in [3.05, 3.63) is 42.0 Å².